The topological polar surface area (TPSA) is 46.5 Å². The molecule has 1 aliphatic carbocycles. The van der Waals surface area contributed by atoms with Crippen LogP contribution in [0.4, 0.5) is 0 Å². The minimum atomic E-state index is -0.140. The Kier molecular flexibility index (Phi) is 5.71. The zero-order valence-electron chi connectivity index (χ0n) is 7.45. The van der Waals surface area contributed by atoms with Crippen molar-refractivity contribution >= 4 is 5.97 Å². The Morgan fingerprint density at radius 1 is 1.38 bits per heavy atom. The molecule has 78 valence electrons. The van der Waals surface area contributed by atoms with Gasteiger partial charge >= 0.3 is 5.97 Å². The summed E-state index contributed by atoms with van der Waals surface area (Å²) in [6, 6.07) is 0. The Morgan fingerprint density at radius 2 is 1.92 bits per heavy atom. The molecule has 1 N–H and O–H groups in total. The average molecular weight is 188 g/mol. The van der Waals surface area contributed by atoms with Crippen molar-refractivity contribution in [3.63, 3.8) is 0 Å². The van der Waals surface area contributed by atoms with Gasteiger partial charge in [-0.25, -0.2) is 0 Å². The summed E-state index contributed by atoms with van der Waals surface area (Å²) in [5, 5.41) is 9.20. The Labute approximate surface area is 80.1 Å². The Hall–Kier alpha value is -0.570. The molecule has 0 radical (unpaired) electrons. The average Bonchev–Trinajstić information content (AvgIpc) is 2.09. The summed E-state index contributed by atoms with van der Waals surface area (Å²) in [6.45, 7) is 0. The third-order valence-electron chi connectivity index (χ3n) is 2.50. The fourth-order valence-corrected chi connectivity index (χ4v) is 1.67. The van der Waals surface area contributed by atoms with Gasteiger partial charge in [-0.05, 0) is 31.6 Å². The lowest BCUT2D eigenvalue weighted by Gasteiger charge is -2.24. The van der Waals surface area contributed by atoms with Gasteiger partial charge in [0.15, 0.2) is 0 Å². The van der Waals surface area contributed by atoms with E-state index in [4.69, 9.17) is 0 Å². The van der Waals surface area contributed by atoms with Crippen molar-refractivity contribution in [3.05, 3.63) is 0 Å². The highest BCUT2D eigenvalue weighted by Gasteiger charge is 2.21. The van der Waals surface area contributed by atoms with E-state index >= 15 is 0 Å². The lowest BCUT2D eigenvalue weighted by molar-refractivity contribution is -0.142. The molecule has 0 spiro atoms. The molecule has 3 nitrogen and oxygen atoms in total. The van der Waals surface area contributed by atoms with Gasteiger partial charge in [-0.1, -0.05) is 7.43 Å². The van der Waals surface area contributed by atoms with Gasteiger partial charge in [-0.2, -0.15) is 0 Å². The molecule has 0 amide bonds. The fourth-order valence-electron chi connectivity index (χ4n) is 1.67. The van der Waals surface area contributed by atoms with Crippen LogP contribution in [-0.4, -0.2) is 24.3 Å². The van der Waals surface area contributed by atoms with E-state index < -0.39 is 0 Å². The normalized spacial score (nSPS) is 27.5. The van der Waals surface area contributed by atoms with Crippen LogP contribution in [0.15, 0.2) is 0 Å². The van der Waals surface area contributed by atoms with E-state index in [2.05, 4.69) is 4.74 Å². The van der Waals surface area contributed by atoms with E-state index in [0.717, 1.165) is 25.7 Å². The largest absolute Gasteiger partial charge is 0.469 e. The maximum atomic E-state index is 10.9. The van der Waals surface area contributed by atoms with Crippen LogP contribution in [-0.2, 0) is 9.53 Å². The van der Waals surface area contributed by atoms with Crippen molar-refractivity contribution in [1.82, 2.24) is 0 Å². The molecular formula is C10H20O3. The minimum absolute atomic E-state index is 0. The second kappa shape index (κ2) is 5.97. The summed E-state index contributed by atoms with van der Waals surface area (Å²) in [7, 11) is 1.42. The maximum absolute atomic E-state index is 10.9. The first kappa shape index (κ1) is 12.4. The minimum Gasteiger partial charge on any atom is -0.469 e. The van der Waals surface area contributed by atoms with Crippen molar-refractivity contribution in [2.75, 3.05) is 7.11 Å². The first-order valence-electron chi connectivity index (χ1n) is 4.47. The van der Waals surface area contributed by atoms with Crippen LogP contribution < -0.4 is 0 Å². The van der Waals surface area contributed by atoms with Crippen LogP contribution in [0.2, 0.25) is 0 Å². The molecule has 1 fully saturated rings. The zero-order chi connectivity index (χ0) is 8.97. The Bertz CT molecular complexity index is 148. The number of rotatable bonds is 2. The molecule has 13 heavy (non-hydrogen) atoms. The van der Waals surface area contributed by atoms with Crippen molar-refractivity contribution < 1.29 is 14.6 Å². The number of aliphatic hydroxyl groups is 1. The number of aliphatic hydroxyl groups excluding tert-OH is 1. The summed E-state index contributed by atoms with van der Waals surface area (Å²) in [4.78, 5) is 10.9. The van der Waals surface area contributed by atoms with Crippen LogP contribution in [0, 0.1) is 5.92 Å². The predicted molar refractivity (Wildman–Crippen MR) is 51.3 cm³/mol. The van der Waals surface area contributed by atoms with E-state index in [1.807, 2.05) is 0 Å². The number of hydrogen-bond donors (Lipinski definition) is 1. The summed E-state index contributed by atoms with van der Waals surface area (Å²) in [5.74, 6) is 0.303. The number of ether oxygens (including phenoxy) is 1. The summed E-state index contributed by atoms with van der Waals surface area (Å²) < 4.78 is 4.58. The first-order chi connectivity index (χ1) is 5.72. The standard InChI is InChI=1S/C9H16O3.CH4/c1-12-9(11)6-7-2-4-8(10)5-3-7;/h7-8,10H,2-6H2,1H3;1H4. The van der Waals surface area contributed by atoms with Gasteiger partial charge in [0.05, 0.1) is 13.2 Å². The summed E-state index contributed by atoms with van der Waals surface area (Å²) >= 11 is 0. The van der Waals surface area contributed by atoms with E-state index in [1.54, 1.807) is 0 Å². The van der Waals surface area contributed by atoms with Crippen LogP contribution >= 0.6 is 0 Å². The molecule has 1 rings (SSSR count). The number of carbonyl (C=O) groups is 1. The van der Waals surface area contributed by atoms with E-state index in [9.17, 15) is 9.90 Å². The van der Waals surface area contributed by atoms with Gasteiger partial charge in [0.2, 0.25) is 0 Å². The van der Waals surface area contributed by atoms with Gasteiger partial charge in [-0.3, -0.25) is 4.79 Å². The van der Waals surface area contributed by atoms with E-state index in [-0.39, 0.29) is 19.5 Å². The highest BCUT2D eigenvalue weighted by molar-refractivity contribution is 5.69. The zero-order valence-corrected chi connectivity index (χ0v) is 7.45. The molecule has 3 heteroatoms. The molecule has 0 aliphatic heterocycles. The first-order valence-corrected chi connectivity index (χ1v) is 4.47. The van der Waals surface area contributed by atoms with Gasteiger partial charge in [-0.15, -0.1) is 0 Å². The highest BCUT2D eigenvalue weighted by Crippen LogP contribution is 2.26. The number of hydrogen-bond acceptors (Lipinski definition) is 3. The molecular weight excluding hydrogens is 168 g/mol. The molecule has 0 aromatic heterocycles. The third-order valence-corrected chi connectivity index (χ3v) is 2.50. The molecule has 0 aromatic rings. The van der Waals surface area contributed by atoms with Crippen molar-refractivity contribution in [1.29, 1.82) is 0 Å². The number of carbonyl (C=O) groups excluding carboxylic acids is 1. The maximum Gasteiger partial charge on any atom is 0.305 e. The summed E-state index contributed by atoms with van der Waals surface area (Å²) in [5.41, 5.74) is 0. The Balaban J connectivity index is 0.00000144. The second-order valence-electron chi connectivity index (χ2n) is 3.45. The monoisotopic (exact) mass is 188 g/mol. The lowest BCUT2D eigenvalue weighted by Crippen LogP contribution is -2.20. The second-order valence-corrected chi connectivity index (χ2v) is 3.45. The third kappa shape index (κ3) is 4.27. The molecule has 0 saturated heterocycles. The molecule has 0 aromatic carbocycles. The van der Waals surface area contributed by atoms with Gasteiger partial charge in [0.25, 0.3) is 0 Å². The fraction of sp³-hybridized carbons (Fsp3) is 0.900. The highest BCUT2D eigenvalue weighted by atomic mass is 16.5. The molecule has 0 unspecified atom stereocenters. The van der Waals surface area contributed by atoms with Crippen LogP contribution in [0.1, 0.15) is 39.5 Å². The van der Waals surface area contributed by atoms with Gasteiger partial charge < -0.3 is 9.84 Å². The quantitative estimate of drug-likeness (QED) is 0.671. The number of methoxy groups -OCH3 is 1. The van der Waals surface area contributed by atoms with Gasteiger partial charge in [0.1, 0.15) is 0 Å². The van der Waals surface area contributed by atoms with Crippen LogP contribution in [0.25, 0.3) is 0 Å². The molecule has 0 heterocycles. The molecule has 0 bridgehead atoms. The Morgan fingerprint density at radius 3 is 2.38 bits per heavy atom. The molecule has 1 saturated carbocycles. The molecule has 1 aliphatic rings. The predicted octanol–water partition coefficient (Wildman–Crippen LogP) is 1.74. The van der Waals surface area contributed by atoms with Gasteiger partial charge in [0, 0.05) is 6.42 Å². The number of esters is 1. The van der Waals surface area contributed by atoms with Crippen LogP contribution in [0.5, 0.6) is 0 Å². The van der Waals surface area contributed by atoms with Crippen molar-refractivity contribution in [3.8, 4) is 0 Å². The van der Waals surface area contributed by atoms with E-state index in [1.165, 1.54) is 7.11 Å². The van der Waals surface area contributed by atoms with Crippen molar-refractivity contribution in [2.24, 2.45) is 5.92 Å². The van der Waals surface area contributed by atoms with E-state index in [0.29, 0.717) is 12.3 Å². The SMILES string of the molecule is C.COC(=O)CC1CCC(O)CC1. The summed E-state index contributed by atoms with van der Waals surface area (Å²) in [6.07, 6.45) is 3.96. The molecule has 0 atom stereocenters. The lowest BCUT2D eigenvalue weighted by atomic mass is 9.85. The van der Waals surface area contributed by atoms with Crippen molar-refractivity contribution in [2.45, 2.75) is 45.6 Å². The van der Waals surface area contributed by atoms with Crippen LogP contribution in [0.3, 0.4) is 0 Å². The smallest absolute Gasteiger partial charge is 0.305 e.